The minimum Gasteiger partial charge on any atom is -0.326 e. The van der Waals surface area contributed by atoms with Crippen LogP contribution in [0.25, 0.3) is 0 Å². The van der Waals surface area contributed by atoms with Gasteiger partial charge in [-0.1, -0.05) is 12.8 Å². The Hall–Kier alpha value is -0.0800. The molecule has 1 aliphatic carbocycles. The molecular weight excluding hydrogens is 160 g/mol. The van der Waals surface area contributed by atoms with Crippen molar-refractivity contribution >= 4 is 0 Å². The third-order valence-corrected chi connectivity index (χ3v) is 3.97. The third kappa shape index (κ3) is 1.89. The maximum Gasteiger partial charge on any atom is 0.0246 e. The van der Waals surface area contributed by atoms with Gasteiger partial charge in [0.05, 0.1) is 0 Å². The predicted octanol–water partition coefficient (Wildman–Crippen LogP) is 1.60. The van der Waals surface area contributed by atoms with Crippen molar-refractivity contribution in [2.75, 3.05) is 13.6 Å². The number of likely N-dealkylation sites (tertiary alicyclic amines) is 1. The van der Waals surface area contributed by atoms with E-state index in [9.17, 15) is 0 Å². The number of hydrogen-bond donors (Lipinski definition) is 1. The predicted molar refractivity (Wildman–Crippen MR) is 55.6 cm³/mol. The lowest BCUT2D eigenvalue weighted by Gasteiger charge is -2.42. The van der Waals surface area contributed by atoms with Gasteiger partial charge in [-0.25, -0.2) is 0 Å². The van der Waals surface area contributed by atoms with Gasteiger partial charge in [-0.3, -0.25) is 0 Å². The molecule has 2 atom stereocenters. The molecule has 0 bridgehead atoms. The minimum absolute atomic E-state index is 0.457. The first-order valence-electron chi connectivity index (χ1n) is 5.75. The molecule has 1 heterocycles. The van der Waals surface area contributed by atoms with Crippen LogP contribution in [0, 0.1) is 5.92 Å². The van der Waals surface area contributed by atoms with E-state index in [1.54, 1.807) is 0 Å². The summed E-state index contributed by atoms with van der Waals surface area (Å²) in [4.78, 5) is 2.48. The molecule has 76 valence electrons. The Morgan fingerprint density at radius 1 is 1.15 bits per heavy atom. The number of hydrogen-bond acceptors (Lipinski definition) is 2. The van der Waals surface area contributed by atoms with Crippen LogP contribution in [-0.4, -0.2) is 30.6 Å². The first kappa shape index (κ1) is 9.47. The highest BCUT2D eigenvalue weighted by atomic mass is 15.2. The van der Waals surface area contributed by atoms with Crippen LogP contribution < -0.4 is 5.73 Å². The van der Waals surface area contributed by atoms with Crippen molar-refractivity contribution < 1.29 is 0 Å². The van der Waals surface area contributed by atoms with Crippen LogP contribution in [0.2, 0.25) is 0 Å². The molecule has 1 saturated heterocycles. The maximum atomic E-state index is 6.30. The van der Waals surface area contributed by atoms with Crippen molar-refractivity contribution in [2.24, 2.45) is 11.7 Å². The summed E-state index contributed by atoms with van der Waals surface area (Å²) in [6, 6.07) is 1.14. The molecular formula is C11H22N2. The lowest BCUT2D eigenvalue weighted by Crippen LogP contribution is -2.53. The zero-order chi connectivity index (χ0) is 9.26. The van der Waals surface area contributed by atoms with E-state index in [-0.39, 0.29) is 0 Å². The zero-order valence-corrected chi connectivity index (χ0v) is 8.71. The summed E-state index contributed by atoms with van der Waals surface area (Å²) >= 11 is 0. The maximum absolute atomic E-state index is 6.30. The summed E-state index contributed by atoms with van der Waals surface area (Å²) in [7, 11) is 2.24. The summed E-state index contributed by atoms with van der Waals surface area (Å²) < 4.78 is 0. The molecule has 13 heavy (non-hydrogen) atoms. The van der Waals surface area contributed by atoms with E-state index < -0.39 is 0 Å². The van der Waals surface area contributed by atoms with Gasteiger partial charge in [-0.2, -0.15) is 0 Å². The molecule has 2 aliphatic rings. The highest BCUT2D eigenvalue weighted by Gasteiger charge is 2.33. The SMILES string of the molecule is CN1CCCCC1C(N)C1CCC1. The zero-order valence-electron chi connectivity index (χ0n) is 8.71. The fourth-order valence-electron chi connectivity index (χ4n) is 2.73. The van der Waals surface area contributed by atoms with Crippen LogP contribution in [0.5, 0.6) is 0 Å². The van der Waals surface area contributed by atoms with E-state index in [0.717, 1.165) is 5.92 Å². The molecule has 2 heteroatoms. The second kappa shape index (κ2) is 3.97. The normalized spacial score (nSPS) is 34.2. The molecule has 0 aromatic carbocycles. The Bertz CT molecular complexity index is 165. The number of rotatable bonds is 2. The number of piperidine rings is 1. The van der Waals surface area contributed by atoms with Crippen LogP contribution in [0.3, 0.4) is 0 Å². The standard InChI is InChI=1S/C11H22N2/c1-13-8-3-2-7-10(13)11(12)9-5-4-6-9/h9-11H,2-8,12H2,1H3. The lowest BCUT2D eigenvalue weighted by molar-refractivity contribution is 0.108. The second-order valence-corrected chi connectivity index (χ2v) is 4.81. The van der Waals surface area contributed by atoms with E-state index in [1.807, 2.05) is 0 Å². The molecule has 0 aromatic rings. The summed E-state index contributed by atoms with van der Waals surface area (Å²) in [5.74, 6) is 0.838. The van der Waals surface area contributed by atoms with Gasteiger partial charge in [0.25, 0.3) is 0 Å². The van der Waals surface area contributed by atoms with Gasteiger partial charge in [0.15, 0.2) is 0 Å². The topological polar surface area (TPSA) is 29.3 Å². The molecule has 2 fully saturated rings. The van der Waals surface area contributed by atoms with Crippen LogP contribution >= 0.6 is 0 Å². The van der Waals surface area contributed by atoms with Crippen LogP contribution in [0.1, 0.15) is 38.5 Å². The summed E-state index contributed by atoms with van der Waals surface area (Å²) in [5, 5.41) is 0. The van der Waals surface area contributed by atoms with E-state index in [0.29, 0.717) is 12.1 Å². The Morgan fingerprint density at radius 2 is 1.92 bits per heavy atom. The largest absolute Gasteiger partial charge is 0.326 e. The Morgan fingerprint density at radius 3 is 2.46 bits per heavy atom. The number of nitrogens with two attached hydrogens (primary N) is 1. The van der Waals surface area contributed by atoms with Gasteiger partial charge in [0, 0.05) is 12.1 Å². The van der Waals surface area contributed by atoms with Crippen molar-refractivity contribution in [3.8, 4) is 0 Å². The van der Waals surface area contributed by atoms with Crippen molar-refractivity contribution in [1.82, 2.24) is 4.90 Å². The molecule has 2 nitrogen and oxygen atoms in total. The Labute approximate surface area is 81.5 Å². The van der Waals surface area contributed by atoms with Gasteiger partial charge < -0.3 is 10.6 Å². The molecule has 0 amide bonds. The van der Waals surface area contributed by atoms with Crippen molar-refractivity contribution in [1.29, 1.82) is 0 Å². The fraction of sp³-hybridized carbons (Fsp3) is 1.00. The van der Waals surface area contributed by atoms with Gasteiger partial charge in [-0.05, 0) is 45.2 Å². The fourth-order valence-corrected chi connectivity index (χ4v) is 2.73. The van der Waals surface area contributed by atoms with Gasteiger partial charge in [0.1, 0.15) is 0 Å². The smallest absolute Gasteiger partial charge is 0.0246 e. The number of likely N-dealkylation sites (N-methyl/N-ethyl adjacent to an activating group) is 1. The Balaban J connectivity index is 1.88. The van der Waals surface area contributed by atoms with E-state index in [4.69, 9.17) is 5.73 Å². The lowest BCUT2D eigenvalue weighted by atomic mass is 9.75. The molecule has 0 aromatic heterocycles. The monoisotopic (exact) mass is 182 g/mol. The van der Waals surface area contributed by atoms with E-state index >= 15 is 0 Å². The highest BCUT2D eigenvalue weighted by molar-refractivity contribution is 4.91. The van der Waals surface area contributed by atoms with Crippen molar-refractivity contribution in [3.63, 3.8) is 0 Å². The van der Waals surface area contributed by atoms with Crippen LogP contribution in [0.15, 0.2) is 0 Å². The van der Waals surface area contributed by atoms with E-state index in [2.05, 4.69) is 11.9 Å². The molecule has 0 spiro atoms. The summed E-state index contributed by atoms with van der Waals surface area (Å²) in [6.07, 6.45) is 8.25. The second-order valence-electron chi connectivity index (χ2n) is 4.81. The molecule has 1 aliphatic heterocycles. The average molecular weight is 182 g/mol. The van der Waals surface area contributed by atoms with Crippen LogP contribution in [0.4, 0.5) is 0 Å². The quantitative estimate of drug-likeness (QED) is 0.703. The molecule has 2 rings (SSSR count). The van der Waals surface area contributed by atoms with Gasteiger partial charge in [-0.15, -0.1) is 0 Å². The Kier molecular flexibility index (Phi) is 2.89. The summed E-state index contributed by atoms with van der Waals surface area (Å²) in [5.41, 5.74) is 6.30. The van der Waals surface area contributed by atoms with E-state index in [1.165, 1.54) is 45.1 Å². The van der Waals surface area contributed by atoms with Crippen molar-refractivity contribution in [3.05, 3.63) is 0 Å². The molecule has 2 unspecified atom stereocenters. The highest BCUT2D eigenvalue weighted by Crippen LogP contribution is 2.33. The molecule has 0 radical (unpaired) electrons. The first-order valence-corrected chi connectivity index (χ1v) is 5.75. The molecule has 2 N–H and O–H groups in total. The van der Waals surface area contributed by atoms with Gasteiger partial charge >= 0.3 is 0 Å². The van der Waals surface area contributed by atoms with Crippen molar-refractivity contribution in [2.45, 2.75) is 50.6 Å². The minimum atomic E-state index is 0.457. The number of nitrogens with zero attached hydrogens (tertiary/aromatic N) is 1. The van der Waals surface area contributed by atoms with Crippen LogP contribution in [-0.2, 0) is 0 Å². The van der Waals surface area contributed by atoms with Gasteiger partial charge in [0.2, 0.25) is 0 Å². The molecule has 1 saturated carbocycles. The first-order chi connectivity index (χ1) is 6.29. The summed E-state index contributed by atoms with van der Waals surface area (Å²) in [6.45, 7) is 1.26. The average Bonchev–Trinajstić information content (AvgIpc) is 2.01. The third-order valence-electron chi connectivity index (χ3n) is 3.97.